The number of alkyl halides is 1. The molecule has 1 unspecified atom stereocenters. The Morgan fingerprint density at radius 3 is 2.27 bits per heavy atom. The molecule has 1 rings (SSSR count). The molecule has 1 saturated carbocycles. The van der Waals surface area contributed by atoms with Crippen molar-refractivity contribution in [3.63, 3.8) is 0 Å². The minimum Gasteiger partial charge on any atom is -0.212 e. The molecule has 0 spiro atoms. The summed E-state index contributed by atoms with van der Waals surface area (Å²) in [6, 6.07) is 0.00981. The van der Waals surface area contributed by atoms with Crippen molar-refractivity contribution in [2.45, 2.75) is 50.8 Å². The zero-order valence-corrected chi connectivity index (χ0v) is 11.8. The molecule has 90 valence electrons. The van der Waals surface area contributed by atoms with Crippen LogP contribution in [0.3, 0.4) is 0 Å². The van der Waals surface area contributed by atoms with Crippen LogP contribution in [0.15, 0.2) is 0 Å². The van der Waals surface area contributed by atoms with Crippen LogP contribution >= 0.6 is 15.9 Å². The molecule has 0 aromatic carbocycles. The molecule has 5 heteroatoms. The van der Waals surface area contributed by atoms with Crippen molar-refractivity contribution in [1.29, 1.82) is 0 Å². The highest BCUT2D eigenvalue weighted by atomic mass is 79.9. The average molecular weight is 298 g/mol. The highest BCUT2D eigenvalue weighted by Crippen LogP contribution is 2.24. The fourth-order valence-electron chi connectivity index (χ4n) is 1.85. The van der Waals surface area contributed by atoms with E-state index in [9.17, 15) is 8.42 Å². The second kappa shape index (κ2) is 5.64. The van der Waals surface area contributed by atoms with Crippen LogP contribution in [-0.4, -0.2) is 25.0 Å². The SMILES string of the molecule is CC(C)C(CBr)NS(=O)(=O)C1CCCC1. The number of rotatable bonds is 5. The van der Waals surface area contributed by atoms with Crippen LogP contribution < -0.4 is 4.72 Å². The van der Waals surface area contributed by atoms with Crippen molar-refractivity contribution in [1.82, 2.24) is 4.72 Å². The zero-order chi connectivity index (χ0) is 11.5. The van der Waals surface area contributed by atoms with Gasteiger partial charge in [0.15, 0.2) is 0 Å². The van der Waals surface area contributed by atoms with Crippen LogP contribution in [0, 0.1) is 5.92 Å². The van der Waals surface area contributed by atoms with Gasteiger partial charge in [0.1, 0.15) is 0 Å². The first-order valence-electron chi connectivity index (χ1n) is 5.54. The van der Waals surface area contributed by atoms with E-state index in [1.807, 2.05) is 13.8 Å². The number of hydrogen-bond donors (Lipinski definition) is 1. The van der Waals surface area contributed by atoms with Gasteiger partial charge < -0.3 is 0 Å². The van der Waals surface area contributed by atoms with Crippen molar-refractivity contribution in [3.05, 3.63) is 0 Å². The highest BCUT2D eigenvalue weighted by molar-refractivity contribution is 9.09. The molecule has 1 aliphatic carbocycles. The predicted molar refractivity (Wildman–Crippen MR) is 66.7 cm³/mol. The van der Waals surface area contributed by atoms with E-state index >= 15 is 0 Å². The molecular weight excluding hydrogens is 278 g/mol. The molecule has 0 aromatic heterocycles. The number of halogens is 1. The van der Waals surface area contributed by atoms with E-state index in [0.717, 1.165) is 25.7 Å². The first kappa shape index (κ1) is 13.5. The van der Waals surface area contributed by atoms with Crippen molar-refractivity contribution in [2.75, 3.05) is 5.33 Å². The summed E-state index contributed by atoms with van der Waals surface area (Å²) in [4.78, 5) is 0. The molecule has 15 heavy (non-hydrogen) atoms. The summed E-state index contributed by atoms with van der Waals surface area (Å²) in [6.45, 7) is 4.06. The van der Waals surface area contributed by atoms with Gasteiger partial charge in [-0.15, -0.1) is 0 Å². The van der Waals surface area contributed by atoms with E-state index in [0.29, 0.717) is 11.2 Å². The van der Waals surface area contributed by atoms with Crippen LogP contribution in [0.25, 0.3) is 0 Å². The van der Waals surface area contributed by atoms with Gasteiger partial charge in [0.25, 0.3) is 0 Å². The first-order chi connectivity index (χ1) is 6.97. The van der Waals surface area contributed by atoms with Gasteiger partial charge in [0.2, 0.25) is 10.0 Å². The van der Waals surface area contributed by atoms with Gasteiger partial charge in [-0.25, -0.2) is 13.1 Å². The Kier molecular flexibility index (Phi) is 5.06. The number of nitrogens with one attached hydrogen (secondary N) is 1. The van der Waals surface area contributed by atoms with Gasteiger partial charge in [-0.2, -0.15) is 0 Å². The van der Waals surface area contributed by atoms with Gasteiger partial charge in [0.05, 0.1) is 5.25 Å². The lowest BCUT2D eigenvalue weighted by Gasteiger charge is -2.22. The topological polar surface area (TPSA) is 46.2 Å². The summed E-state index contributed by atoms with van der Waals surface area (Å²) in [5.41, 5.74) is 0. The van der Waals surface area contributed by atoms with Gasteiger partial charge >= 0.3 is 0 Å². The van der Waals surface area contributed by atoms with E-state index in [4.69, 9.17) is 0 Å². The van der Waals surface area contributed by atoms with Crippen LogP contribution in [0.5, 0.6) is 0 Å². The van der Waals surface area contributed by atoms with Crippen LogP contribution in [-0.2, 0) is 10.0 Å². The molecule has 0 heterocycles. The molecule has 0 amide bonds. The molecule has 1 fully saturated rings. The van der Waals surface area contributed by atoms with E-state index < -0.39 is 10.0 Å². The maximum absolute atomic E-state index is 12.0. The van der Waals surface area contributed by atoms with Gasteiger partial charge in [-0.1, -0.05) is 42.6 Å². The normalized spacial score (nSPS) is 21.1. The minimum absolute atomic E-state index is 0.00981. The Balaban J connectivity index is 2.61. The Labute approximate surface area is 101 Å². The Morgan fingerprint density at radius 1 is 1.33 bits per heavy atom. The summed E-state index contributed by atoms with van der Waals surface area (Å²) in [5, 5.41) is 0.522. The van der Waals surface area contributed by atoms with Crippen LogP contribution in [0.2, 0.25) is 0 Å². The van der Waals surface area contributed by atoms with Crippen LogP contribution in [0.4, 0.5) is 0 Å². The molecule has 1 N–H and O–H groups in total. The largest absolute Gasteiger partial charge is 0.214 e. The van der Waals surface area contributed by atoms with Crippen molar-refractivity contribution in [3.8, 4) is 0 Å². The Hall–Kier alpha value is 0.390. The van der Waals surface area contributed by atoms with E-state index in [1.54, 1.807) is 0 Å². The molecular formula is C10H20BrNO2S. The molecule has 1 atom stereocenters. The summed E-state index contributed by atoms with van der Waals surface area (Å²) in [5.74, 6) is 0.320. The maximum atomic E-state index is 12.0. The standard InChI is InChI=1S/C10H20BrNO2S/c1-8(2)10(7-11)12-15(13,14)9-5-3-4-6-9/h8-10,12H,3-7H2,1-2H3. The molecule has 0 saturated heterocycles. The second-order valence-corrected chi connectivity index (χ2v) is 7.21. The summed E-state index contributed by atoms with van der Waals surface area (Å²) < 4.78 is 26.8. The van der Waals surface area contributed by atoms with E-state index in [-0.39, 0.29) is 11.3 Å². The molecule has 0 radical (unpaired) electrons. The van der Waals surface area contributed by atoms with Crippen LogP contribution in [0.1, 0.15) is 39.5 Å². The number of sulfonamides is 1. The van der Waals surface area contributed by atoms with Crippen molar-refractivity contribution >= 4 is 26.0 Å². The quantitative estimate of drug-likeness (QED) is 0.791. The van der Waals surface area contributed by atoms with Gasteiger partial charge in [-0.3, -0.25) is 0 Å². The summed E-state index contributed by atoms with van der Waals surface area (Å²) in [7, 11) is -3.10. The fourth-order valence-corrected chi connectivity index (χ4v) is 4.90. The smallest absolute Gasteiger partial charge is 0.212 e. The van der Waals surface area contributed by atoms with E-state index in [1.165, 1.54) is 0 Å². The second-order valence-electron chi connectivity index (χ2n) is 4.57. The molecule has 1 aliphatic rings. The lowest BCUT2D eigenvalue weighted by molar-refractivity contribution is 0.478. The maximum Gasteiger partial charge on any atom is 0.214 e. The summed E-state index contributed by atoms with van der Waals surface area (Å²) in [6.07, 6.45) is 3.74. The molecule has 0 bridgehead atoms. The lowest BCUT2D eigenvalue weighted by atomic mass is 10.1. The Morgan fingerprint density at radius 2 is 1.87 bits per heavy atom. The monoisotopic (exact) mass is 297 g/mol. The number of hydrogen-bond acceptors (Lipinski definition) is 2. The molecule has 0 aliphatic heterocycles. The third kappa shape index (κ3) is 3.71. The predicted octanol–water partition coefficient (Wildman–Crippen LogP) is 2.27. The third-order valence-electron chi connectivity index (χ3n) is 3.03. The van der Waals surface area contributed by atoms with Gasteiger partial charge in [0, 0.05) is 11.4 Å². The van der Waals surface area contributed by atoms with Crippen molar-refractivity contribution in [2.24, 2.45) is 5.92 Å². The molecule has 0 aromatic rings. The van der Waals surface area contributed by atoms with Crippen molar-refractivity contribution < 1.29 is 8.42 Å². The first-order valence-corrected chi connectivity index (χ1v) is 8.21. The molecule has 3 nitrogen and oxygen atoms in total. The minimum atomic E-state index is -3.10. The lowest BCUT2D eigenvalue weighted by Crippen LogP contribution is -2.43. The highest BCUT2D eigenvalue weighted by Gasteiger charge is 2.30. The third-order valence-corrected chi connectivity index (χ3v) is 5.71. The fraction of sp³-hybridized carbons (Fsp3) is 1.00. The average Bonchev–Trinajstić information content (AvgIpc) is 2.67. The van der Waals surface area contributed by atoms with Gasteiger partial charge in [-0.05, 0) is 18.8 Å². The zero-order valence-electron chi connectivity index (χ0n) is 9.37. The van der Waals surface area contributed by atoms with E-state index in [2.05, 4.69) is 20.7 Å². The summed E-state index contributed by atoms with van der Waals surface area (Å²) >= 11 is 3.35. The Bertz CT molecular complexity index is 284.